The summed E-state index contributed by atoms with van der Waals surface area (Å²) in [5, 5.41) is 0.218. The highest BCUT2D eigenvalue weighted by Crippen LogP contribution is 2.36. The van der Waals surface area contributed by atoms with Crippen molar-refractivity contribution in [2.75, 3.05) is 119 Å². The van der Waals surface area contributed by atoms with Gasteiger partial charge in [-0.25, -0.2) is 0 Å². The van der Waals surface area contributed by atoms with Gasteiger partial charge in [-0.05, 0) is 25.1 Å². The summed E-state index contributed by atoms with van der Waals surface area (Å²) in [6.45, 7) is 22.0. The van der Waals surface area contributed by atoms with Gasteiger partial charge in [0.15, 0.2) is 8.32 Å². The van der Waals surface area contributed by atoms with E-state index in [0.717, 1.165) is 0 Å². The third-order valence-corrected chi connectivity index (χ3v) is 10.4. The summed E-state index contributed by atoms with van der Waals surface area (Å²) >= 11 is 0. The summed E-state index contributed by atoms with van der Waals surface area (Å²) in [6.07, 6.45) is 0.261. The molecule has 11 nitrogen and oxygen atoms in total. The van der Waals surface area contributed by atoms with Crippen LogP contribution in [0.15, 0.2) is 0 Å². The van der Waals surface area contributed by atoms with Crippen molar-refractivity contribution < 1.29 is 51.9 Å². The van der Waals surface area contributed by atoms with Gasteiger partial charge in [-0.3, -0.25) is 4.79 Å². The summed E-state index contributed by atoms with van der Waals surface area (Å²) in [7, 11) is -1.69. The minimum Gasteiger partial charge on any atom is -0.466 e. The van der Waals surface area contributed by atoms with Crippen LogP contribution in [0, 0.1) is 0 Å². The zero-order valence-electron chi connectivity index (χ0n) is 25.4. The number of rotatable bonds is 29. The van der Waals surface area contributed by atoms with Crippen LogP contribution in [-0.2, 0) is 51.9 Å². The van der Waals surface area contributed by atoms with E-state index in [9.17, 15) is 4.79 Å². The fraction of sp³-hybridized carbons (Fsp3) is 0.963. The number of esters is 1. The van der Waals surface area contributed by atoms with Crippen molar-refractivity contribution in [3.63, 3.8) is 0 Å². The predicted octanol–water partition coefficient (Wildman–Crippen LogP) is 3.09. The minimum absolute atomic E-state index is 0.218. The van der Waals surface area contributed by atoms with Crippen LogP contribution in [0.25, 0.3) is 0 Å². The molecule has 0 aromatic heterocycles. The fourth-order valence-corrected chi connectivity index (χ4v) is 3.63. The smallest absolute Gasteiger partial charge is 0.308 e. The van der Waals surface area contributed by atoms with Gasteiger partial charge in [0, 0.05) is 0 Å². The van der Waals surface area contributed by atoms with Gasteiger partial charge in [0.05, 0.1) is 125 Å². The van der Waals surface area contributed by atoms with Gasteiger partial charge < -0.3 is 47.1 Å². The van der Waals surface area contributed by atoms with Crippen molar-refractivity contribution in [2.24, 2.45) is 0 Å². The zero-order valence-corrected chi connectivity index (χ0v) is 26.4. The Morgan fingerprint density at radius 3 is 1.08 bits per heavy atom. The van der Waals surface area contributed by atoms with Crippen LogP contribution in [-0.4, -0.2) is 133 Å². The van der Waals surface area contributed by atoms with E-state index in [0.29, 0.717) is 119 Å². The summed E-state index contributed by atoms with van der Waals surface area (Å²) in [5.74, 6) is -0.247. The Labute approximate surface area is 237 Å². The maximum atomic E-state index is 11.1. The lowest BCUT2D eigenvalue weighted by atomic mass is 10.2. The largest absolute Gasteiger partial charge is 0.466 e. The molecule has 0 saturated heterocycles. The van der Waals surface area contributed by atoms with Crippen LogP contribution in [0.2, 0.25) is 18.1 Å². The number of ether oxygens (including phenoxy) is 9. The molecule has 234 valence electrons. The molecule has 0 heterocycles. The Balaban J connectivity index is 3.16. The highest BCUT2D eigenvalue weighted by Gasteiger charge is 2.36. The molecule has 0 aromatic carbocycles. The molecule has 0 aliphatic carbocycles. The summed E-state index contributed by atoms with van der Waals surface area (Å²) in [6, 6.07) is 0. The first-order chi connectivity index (χ1) is 18.7. The van der Waals surface area contributed by atoms with Crippen molar-refractivity contribution in [1.29, 1.82) is 0 Å². The van der Waals surface area contributed by atoms with Gasteiger partial charge in [0.1, 0.15) is 0 Å². The topological polar surface area (TPSA) is 109 Å². The first kappa shape index (κ1) is 38.3. The lowest BCUT2D eigenvalue weighted by Gasteiger charge is -2.36. The Morgan fingerprint density at radius 1 is 0.513 bits per heavy atom. The van der Waals surface area contributed by atoms with Gasteiger partial charge in [-0.15, -0.1) is 0 Å². The van der Waals surface area contributed by atoms with E-state index >= 15 is 0 Å². The molecule has 39 heavy (non-hydrogen) atoms. The molecule has 0 aromatic rings. The fourth-order valence-electron chi connectivity index (χ4n) is 2.60. The molecule has 12 heteroatoms. The molecular formula is C27H56O11Si. The molecule has 0 atom stereocenters. The number of hydrogen-bond acceptors (Lipinski definition) is 11. The molecule has 0 aliphatic rings. The molecule has 0 bridgehead atoms. The second-order valence-corrected chi connectivity index (χ2v) is 14.9. The maximum absolute atomic E-state index is 11.1. The molecule has 0 aliphatic heterocycles. The molecular weight excluding hydrogens is 528 g/mol. The lowest BCUT2D eigenvalue weighted by Crippen LogP contribution is -2.41. The van der Waals surface area contributed by atoms with E-state index < -0.39 is 8.32 Å². The monoisotopic (exact) mass is 584 g/mol. The highest BCUT2D eigenvalue weighted by atomic mass is 28.4. The maximum Gasteiger partial charge on any atom is 0.308 e. The van der Waals surface area contributed by atoms with Crippen LogP contribution in [0.1, 0.15) is 34.1 Å². The van der Waals surface area contributed by atoms with Crippen LogP contribution in [0.4, 0.5) is 0 Å². The van der Waals surface area contributed by atoms with Gasteiger partial charge >= 0.3 is 5.97 Å². The van der Waals surface area contributed by atoms with E-state index in [2.05, 4.69) is 33.9 Å². The Hall–Kier alpha value is -0.673. The lowest BCUT2D eigenvalue weighted by molar-refractivity contribution is -0.144. The third kappa shape index (κ3) is 26.0. The standard InChI is InChI=1S/C27H56O11Si/c1-7-37-26(28)8-9-29-10-11-30-12-13-31-14-15-32-16-17-33-18-19-34-20-21-35-22-23-36-24-25-38-39(5,6)27(2,3)4/h7-25H2,1-6H3. The zero-order chi connectivity index (χ0) is 29.1. The SMILES string of the molecule is CCOC(=O)CCOCCOCCOCCOCCOCCOCCOCCOCCO[Si](C)(C)C(C)(C)C. The second kappa shape index (κ2) is 26.2. The minimum atomic E-state index is -1.69. The molecule has 0 unspecified atom stereocenters. The van der Waals surface area contributed by atoms with E-state index in [1.54, 1.807) is 6.92 Å². The quantitative estimate of drug-likeness (QED) is 0.0735. The molecule has 0 fully saturated rings. The molecule has 0 spiro atoms. The van der Waals surface area contributed by atoms with Crippen molar-refractivity contribution in [3.05, 3.63) is 0 Å². The Bertz CT molecular complexity index is 544. The summed E-state index contributed by atoms with van der Waals surface area (Å²) < 4.78 is 54.5. The van der Waals surface area contributed by atoms with Crippen molar-refractivity contribution in [2.45, 2.75) is 52.2 Å². The van der Waals surface area contributed by atoms with Crippen LogP contribution >= 0.6 is 0 Å². The molecule has 0 amide bonds. The van der Waals surface area contributed by atoms with E-state index in [1.165, 1.54) is 0 Å². The van der Waals surface area contributed by atoms with Gasteiger partial charge in [-0.2, -0.15) is 0 Å². The summed E-state index contributed by atoms with van der Waals surface area (Å²) in [5.41, 5.74) is 0. The van der Waals surface area contributed by atoms with Gasteiger partial charge in [0.2, 0.25) is 0 Å². The number of carbonyl (C=O) groups excluding carboxylic acids is 1. The molecule has 0 N–H and O–H groups in total. The first-order valence-corrected chi connectivity index (χ1v) is 17.0. The van der Waals surface area contributed by atoms with E-state index in [1.807, 2.05) is 0 Å². The normalized spacial score (nSPS) is 12.3. The second-order valence-electron chi connectivity index (χ2n) is 10.1. The summed E-state index contributed by atoms with van der Waals surface area (Å²) in [4.78, 5) is 11.1. The van der Waals surface area contributed by atoms with Gasteiger partial charge in [-0.1, -0.05) is 20.8 Å². The average Bonchev–Trinajstić information content (AvgIpc) is 2.87. The average molecular weight is 585 g/mol. The Morgan fingerprint density at radius 2 is 0.795 bits per heavy atom. The number of carbonyl (C=O) groups is 1. The van der Waals surface area contributed by atoms with Crippen molar-refractivity contribution in [3.8, 4) is 0 Å². The van der Waals surface area contributed by atoms with Gasteiger partial charge in [0.25, 0.3) is 0 Å². The molecule has 0 saturated carbocycles. The van der Waals surface area contributed by atoms with Crippen LogP contribution < -0.4 is 0 Å². The first-order valence-electron chi connectivity index (χ1n) is 14.1. The van der Waals surface area contributed by atoms with Crippen LogP contribution in [0.5, 0.6) is 0 Å². The van der Waals surface area contributed by atoms with Crippen LogP contribution in [0.3, 0.4) is 0 Å². The highest BCUT2D eigenvalue weighted by molar-refractivity contribution is 6.74. The molecule has 0 rings (SSSR count). The predicted molar refractivity (Wildman–Crippen MR) is 151 cm³/mol. The number of hydrogen-bond donors (Lipinski definition) is 0. The Kier molecular flexibility index (Phi) is 25.8. The molecule has 0 radical (unpaired) electrons. The van der Waals surface area contributed by atoms with Crippen molar-refractivity contribution >= 4 is 14.3 Å². The van der Waals surface area contributed by atoms with E-state index in [-0.39, 0.29) is 17.4 Å². The third-order valence-electron chi connectivity index (χ3n) is 5.86. The van der Waals surface area contributed by atoms with E-state index in [4.69, 9.17) is 47.1 Å². The van der Waals surface area contributed by atoms with Crippen molar-refractivity contribution in [1.82, 2.24) is 0 Å².